The lowest BCUT2D eigenvalue weighted by molar-refractivity contribution is 0.308. The molecule has 7 heteroatoms. The second-order valence-electron chi connectivity index (χ2n) is 7.42. The molecule has 0 bridgehead atoms. The largest absolute Gasteiger partial charge is 0.286 e. The average Bonchev–Trinajstić information content (AvgIpc) is 3.05. The molecule has 1 aliphatic heterocycles. The fraction of sp³-hybridized carbons (Fsp3) is 0.400. The van der Waals surface area contributed by atoms with Crippen LogP contribution in [0.5, 0.6) is 0 Å². The van der Waals surface area contributed by atoms with Gasteiger partial charge in [0.25, 0.3) is 0 Å². The van der Waals surface area contributed by atoms with Crippen LogP contribution in [0.4, 0.5) is 0 Å². The van der Waals surface area contributed by atoms with E-state index in [-0.39, 0.29) is 5.92 Å². The quantitative estimate of drug-likeness (QED) is 0.695. The van der Waals surface area contributed by atoms with Gasteiger partial charge in [-0.25, -0.2) is 8.42 Å². The molecule has 0 unspecified atom stereocenters. The molecule has 2 aromatic heterocycles. The summed E-state index contributed by atoms with van der Waals surface area (Å²) in [6, 6.07) is 9.65. The Balaban J connectivity index is 1.69. The molecule has 0 saturated carbocycles. The van der Waals surface area contributed by atoms with Crippen LogP contribution in [0.1, 0.15) is 41.3 Å². The van der Waals surface area contributed by atoms with Crippen molar-refractivity contribution in [3.8, 4) is 0 Å². The standard InChI is InChI=1S/C20H24N4O2S/c1-14-11-15(2)19(16(3)12-14)27(25,26)23-9-6-7-17(13-23)20-22-21-18-8-4-5-10-24(18)20/h4-5,8,10-12,17H,6-7,9,13H2,1-3H3/t17-/m1/s1. The van der Waals surface area contributed by atoms with Crippen LogP contribution >= 0.6 is 0 Å². The van der Waals surface area contributed by atoms with Crippen LogP contribution in [-0.2, 0) is 10.0 Å². The normalized spacial score (nSPS) is 18.9. The van der Waals surface area contributed by atoms with Crippen LogP contribution in [0.25, 0.3) is 5.65 Å². The third kappa shape index (κ3) is 3.15. The molecule has 4 rings (SSSR count). The molecule has 3 heterocycles. The number of hydrogen-bond acceptors (Lipinski definition) is 4. The maximum atomic E-state index is 13.4. The molecule has 1 aromatic carbocycles. The number of aromatic nitrogens is 3. The van der Waals surface area contributed by atoms with Gasteiger partial charge in [0.2, 0.25) is 10.0 Å². The van der Waals surface area contributed by atoms with Gasteiger partial charge in [0.15, 0.2) is 5.65 Å². The molecular weight excluding hydrogens is 360 g/mol. The third-order valence-electron chi connectivity index (χ3n) is 5.29. The Morgan fingerprint density at radius 3 is 2.56 bits per heavy atom. The minimum absolute atomic E-state index is 0.0389. The van der Waals surface area contributed by atoms with E-state index in [1.54, 1.807) is 4.31 Å². The maximum Gasteiger partial charge on any atom is 0.243 e. The van der Waals surface area contributed by atoms with E-state index in [1.807, 2.05) is 61.7 Å². The Morgan fingerprint density at radius 2 is 1.81 bits per heavy atom. The number of hydrogen-bond donors (Lipinski definition) is 0. The van der Waals surface area contributed by atoms with Gasteiger partial charge in [-0.15, -0.1) is 10.2 Å². The van der Waals surface area contributed by atoms with Gasteiger partial charge in [0.05, 0.1) is 4.90 Å². The van der Waals surface area contributed by atoms with Gasteiger partial charge in [-0.1, -0.05) is 23.8 Å². The van der Waals surface area contributed by atoms with Crippen LogP contribution in [-0.4, -0.2) is 40.4 Å². The van der Waals surface area contributed by atoms with Crippen molar-refractivity contribution in [2.45, 2.75) is 44.4 Å². The van der Waals surface area contributed by atoms with E-state index in [0.717, 1.165) is 41.0 Å². The molecule has 1 fully saturated rings. The van der Waals surface area contributed by atoms with Gasteiger partial charge in [-0.3, -0.25) is 4.40 Å². The zero-order chi connectivity index (χ0) is 19.2. The van der Waals surface area contributed by atoms with Crippen molar-refractivity contribution in [1.82, 2.24) is 18.9 Å². The highest BCUT2D eigenvalue weighted by Crippen LogP contribution is 2.32. The summed E-state index contributed by atoms with van der Waals surface area (Å²) in [4.78, 5) is 0.444. The lowest BCUT2D eigenvalue weighted by Crippen LogP contribution is -2.40. The first-order valence-corrected chi connectivity index (χ1v) is 10.7. The van der Waals surface area contributed by atoms with Crippen molar-refractivity contribution < 1.29 is 8.42 Å². The van der Waals surface area contributed by atoms with Crippen molar-refractivity contribution in [2.24, 2.45) is 0 Å². The summed E-state index contributed by atoms with van der Waals surface area (Å²) in [6.45, 7) is 6.72. The second kappa shape index (κ2) is 6.73. The summed E-state index contributed by atoms with van der Waals surface area (Å²) in [7, 11) is -3.54. The van der Waals surface area contributed by atoms with E-state index in [1.165, 1.54) is 0 Å². The number of sulfonamides is 1. The zero-order valence-corrected chi connectivity index (χ0v) is 16.7. The van der Waals surface area contributed by atoms with E-state index in [9.17, 15) is 8.42 Å². The van der Waals surface area contributed by atoms with Crippen molar-refractivity contribution in [3.63, 3.8) is 0 Å². The van der Waals surface area contributed by atoms with Crippen LogP contribution < -0.4 is 0 Å². The molecule has 1 aliphatic rings. The van der Waals surface area contributed by atoms with E-state index < -0.39 is 10.0 Å². The predicted octanol–water partition coefficient (Wildman–Crippen LogP) is 3.22. The highest BCUT2D eigenvalue weighted by Gasteiger charge is 2.34. The summed E-state index contributed by atoms with van der Waals surface area (Å²) < 4.78 is 30.4. The van der Waals surface area contributed by atoms with Crippen LogP contribution in [0.15, 0.2) is 41.4 Å². The Bertz CT molecular complexity index is 1080. The Labute approximate surface area is 159 Å². The lowest BCUT2D eigenvalue weighted by Gasteiger charge is -2.32. The molecule has 3 aromatic rings. The SMILES string of the molecule is Cc1cc(C)c(S(=O)(=O)N2CCC[C@@H](c3nnc4ccccn34)C2)c(C)c1. The summed E-state index contributed by atoms with van der Waals surface area (Å²) in [5, 5.41) is 8.57. The van der Waals surface area contributed by atoms with Crippen molar-refractivity contribution >= 4 is 15.7 Å². The van der Waals surface area contributed by atoms with Gasteiger partial charge in [0.1, 0.15) is 5.82 Å². The van der Waals surface area contributed by atoms with Crippen LogP contribution in [0.3, 0.4) is 0 Å². The molecule has 0 N–H and O–H groups in total. The minimum atomic E-state index is -3.54. The fourth-order valence-electron chi connectivity index (χ4n) is 4.21. The molecule has 0 radical (unpaired) electrons. The Kier molecular flexibility index (Phi) is 4.52. The number of fused-ring (bicyclic) bond motifs is 1. The highest BCUT2D eigenvalue weighted by atomic mass is 32.2. The number of pyridine rings is 1. The summed E-state index contributed by atoms with van der Waals surface area (Å²) in [5.74, 6) is 0.875. The van der Waals surface area contributed by atoms with E-state index in [0.29, 0.717) is 18.0 Å². The highest BCUT2D eigenvalue weighted by molar-refractivity contribution is 7.89. The van der Waals surface area contributed by atoms with Crippen molar-refractivity contribution in [3.05, 3.63) is 59.0 Å². The van der Waals surface area contributed by atoms with Crippen LogP contribution in [0, 0.1) is 20.8 Å². The van der Waals surface area contributed by atoms with Crippen molar-refractivity contribution in [2.75, 3.05) is 13.1 Å². The second-order valence-corrected chi connectivity index (χ2v) is 9.29. The molecule has 142 valence electrons. The number of piperidine rings is 1. The Hall–Kier alpha value is -2.25. The molecule has 27 heavy (non-hydrogen) atoms. The lowest BCUT2D eigenvalue weighted by atomic mass is 9.99. The monoisotopic (exact) mass is 384 g/mol. The van der Waals surface area contributed by atoms with Gasteiger partial charge in [-0.2, -0.15) is 4.31 Å². The van der Waals surface area contributed by atoms with Crippen LogP contribution in [0.2, 0.25) is 0 Å². The maximum absolute atomic E-state index is 13.4. The molecule has 1 saturated heterocycles. The Morgan fingerprint density at radius 1 is 1.07 bits per heavy atom. The van der Waals surface area contributed by atoms with Gasteiger partial charge >= 0.3 is 0 Å². The summed E-state index contributed by atoms with van der Waals surface area (Å²) in [5.41, 5.74) is 3.48. The minimum Gasteiger partial charge on any atom is -0.286 e. The molecule has 6 nitrogen and oxygen atoms in total. The zero-order valence-electron chi connectivity index (χ0n) is 15.9. The molecule has 0 spiro atoms. The van der Waals surface area contributed by atoms with E-state index >= 15 is 0 Å². The first-order chi connectivity index (χ1) is 12.9. The van der Waals surface area contributed by atoms with E-state index in [4.69, 9.17) is 0 Å². The average molecular weight is 385 g/mol. The van der Waals surface area contributed by atoms with Crippen molar-refractivity contribution in [1.29, 1.82) is 0 Å². The first kappa shape index (κ1) is 18.1. The molecule has 1 atom stereocenters. The first-order valence-electron chi connectivity index (χ1n) is 9.25. The molecular formula is C20H24N4O2S. The summed E-state index contributed by atoms with van der Waals surface area (Å²) in [6.07, 6.45) is 3.66. The van der Waals surface area contributed by atoms with Gasteiger partial charge in [0, 0.05) is 25.2 Å². The molecule has 0 amide bonds. The third-order valence-corrected chi connectivity index (χ3v) is 7.46. The number of aryl methyl sites for hydroxylation is 3. The number of nitrogens with zero attached hydrogens (tertiary/aromatic N) is 4. The number of rotatable bonds is 3. The van der Waals surface area contributed by atoms with Gasteiger partial charge < -0.3 is 0 Å². The van der Waals surface area contributed by atoms with Gasteiger partial charge in [-0.05, 0) is 56.9 Å². The predicted molar refractivity (Wildman–Crippen MR) is 104 cm³/mol. The molecule has 0 aliphatic carbocycles. The smallest absolute Gasteiger partial charge is 0.243 e. The fourth-order valence-corrected chi connectivity index (χ4v) is 6.15. The van der Waals surface area contributed by atoms with E-state index in [2.05, 4.69) is 10.2 Å². The topological polar surface area (TPSA) is 67.6 Å². The summed E-state index contributed by atoms with van der Waals surface area (Å²) >= 11 is 0. The number of benzene rings is 1.